The quantitative estimate of drug-likeness (QED) is 0.772. The average Bonchev–Trinajstić information content (AvgIpc) is 2.64. The summed E-state index contributed by atoms with van der Waals surface area (Å²) in [5, 5.41) is 11.2. The second-order valence-corrected chi connectivity index (χ2v) is 3.64. The normalized spacial score (nSPS) is 11.0. The molecule has 1 heterocycles. The van der Waals surface area contributed by atoms with Gasteiger partial charge in [-0.1, -0.05) is 12.0 Å². The van der Waals surface area contributed by atoms with Crippen LogP contribution in [0, 0.1) is 0 Å². The summed E-state index contributed by atoms with van der Waals surface area (Å²) in [5.41, 5.74) is 0. The van der Waals surface area contributed by atoms with Crippen molar-refractivity contribution >= 4 is 6.01 Å². The largest absolute Gasteiger partial charge is 0.407 e. The van der Waals surface area contributed by atoms with E-state index in [0.29, 0.717) is 24.5 Å². The fourth-order valence-corrected chi connectivity index (χ4v) is 1.39. The zero-order valence-electron chi connectivity index (χ0n) is 9.95. The summed E-state index contributed by atoms with van der Waals surface area (Å²) in [6, 6.07) is 0.989. The standard InChI is InChI=1S/C10H20N4O/c1-5-11-7-9-12-13-10(15-9)14(6-2)8(3)4/h8,11H,5-7H2,1-4H3. The Balaban J connectivity index is 2.65. The number of nitrogens with zero attached hydrogens (tertiary/aromatic N) is 3. The van der Waals surface area contributed by atoms with Crippen LogP contribution in [0.15, 0.2) is 4.42 Å². The van der Waals surface area contributed by atoms with E-state index in [-0.39, 0.29) is 0 Å². The molecule has 1 aromatic rings. The Morgan fingerprint density at radius 2 is 2.07 bits per heavy atom. The summed E-state index contributed by atoms with van der Waals surface area (Å²) in [6.07, 6.45) is 0. The molecule has 0 aliphatic rings. The Morgan fingerprint density at radius 3 is 2.60 bits per heavy atom. The van der Waals surface area contributed by atoms with Gasteiger partial charge in [0.05, 0.1) is 6.54 Å². The van der Waals surface area contributed by atoms with Gasteiger partial charge in [-0.05, 0) is 27.3 Å². The lowest BCUT2D eigenvalue weighted by Crippen LogP contribution is -2.30. The number of hydrogen-bond donors (Lipinski definition) is 1. The highest BCUT2D eigenvalue weighted by atomic mass is 16.4. The summed E-state index contributed by atoms with van der Waals surface area (Å²) in [6.45, 7) is 10.8. The Labute approximate surface area is 90.9 Å². The first-order chi connectivity index (χ1) is 7.19. The SMILES string of the molecule is CCNCc1nnc(N(CC)C(C)C)o1. The van der Waals surface area contributed by atoms with Crippen molar-refractivity contribution in [3.8, 4) is 0 Å². The van der Waals surface area contributed by atoms with Crippen LogP contribution in [0.25, 0.3) is 0 Å². The highest BCUT2D eigenvalue weighted by molar-refractivity contribution is 5.24. The lowest BCUT2D eigenvalue weighted by molar-refractivity contribution is 0.457. The molecule has 0 aliphatic heterocycles. The first-order valence-corrected chi connectivity index (χ1v) is 5.48. The maximum absolute atomic E-state index is 5.54. The second kappa shape index (κ2) is 5.70. The third kappa shape index (κ3) is 3.20. The molecule has 0 amide bonds. The topological polar surface area (TPSA) is 54.2 Å². The van der Waals surface area contributed by atoms with E-state index in [4.69, 9.17) is 4.42 Å². The van der Waals surface area contributed by atoms with Crippen molar-refractivity contribution in [2.24, 2.45) is 0 Å². The first kappa shape index (κ1) is 12.0. The maximum Gasteiger partial charge on any atom is 0.318 e. The lowest BCUT2D eigenvalue weighted by Gasteiger charge is -2.21. The Hall–Kier alpha value is -1.10. The molecule has 0 saturated carbocycles. The minimum absolute atomic E-state index is 0.377. The molecular formula is C10H20N4O. The van der Waals surface area contributed by atoms with Crippen molar-refractivity contribution in [2.75, 3.05) is 18.0 Å². The number of hydrogen-bond acceptors (Lipinski definition) is 5. The zero-order chi connectivity index (χ0) is 11.3. The molecule has 1 rings (SSSR count). The third-order valence-corrected chi connectivity index (χ3v) is 2.19. The molecule has 0 aromatic carbocycles. The van der Waals surface area contributed by atoms with Crippen molar-refractivity contribution in [1.82, 2.24) is 15.5 Å². The summed E-state index contributed by atoms with van der Waals surface area (Å²) in [4.78, 5) is 2.07. The monoisotopic (exact) mass is 212 g/mol. The van der Waals surface area contributed by atoms with Gasteiger partial charge in [0.2, 0.25) is 5.89 Å². The van der Waals surface area contributed by atoms with Crippen LogP contribution in [-0.2, 0) is 6.54 Å². The molecule has 0 radical (unpaired) electrons. The molecule has 86 valence electrons. The third-order valence-electron chi connectivity index (χ3n) is 2.19. The molecule has 15 heavy (non-hydrogen) atoms. The molecular weight excluding hydrogens is 192 g/mol. The predicted octanol–water partition coefficient (Wildman–Crippen LogP) is 1.41. The van der Waals surface area contributed by atoms with Gasteiger partial charge in [0.25, 0.3) is 0 Å². The van der Waals surface area contributed by atoms with Gasteiger partial charge in [0, 0.05) is 12.6 Å². The molecule has 5 heteroatoms. The summed E-state index contributed by atoms with van der Waals surface area (Å²) in [5.74, 6) is 0.644. The van der Waals surface area contributed by atoms with Crippen LogP contribution < -0.4 is 10.2 Å². The molecule has 0 aliphatic carbocycles. The van der Waals surface area contributed by atoms with Crippen molar-refractivity contribution in [3.05, 3.63) is 5.89 Å². The van der Waals surface area contributed by atoms with Gasteiger partial charge in [-0.25, -0.2) is 0 Å². The molecule has 0 fully saturated rings. The van der Waals surface area contributed by atoms with Crippen molar-refractivity contribution in [3.63, 3.8) is 0 Å². The van der Waals surface area contributed by atoms with E-state index in [1.807, 2.05) is 6.92 Å². The molecule has 5 nitrogen and oxygen atoms in total. The molecule has 0 atom stereocenters. The number of rotatable bonds is 6. The smallest absolute Gasteiger partial charge is 0.318 e. The van der Waals surface area contributed by atoms with Crippen LogP contribution in [0.1, 0.15) is 33.6 Å². The van der Waals surface area contributed by atoms with Gasteiger partial charge in [0.15, 0.2) is 0 Å². The molecule has 1 N–H and O–H groups in total. The second-order valence-electron chi connectivity index (χ2n) is 3.64. The van der Waals surface area contributed by atoms with E-state index in [0.717, 1.165) is 13.1 Å². The summed E-state index contributed by atoms with van der Waals surface area (Å²) >= 11 is 0. The van der Waals surface area contributed by atoms with E-state index < -0.39 is 0 Å². The minimum Gasteiger partial charge on any atom is -0.407 e. The van der Waals surface area contributed by atoms with Crippen LogP contribution in [0.4, 0.5) is 6.01 Å². The first-order valence-electron chi connectivity index (χ1n) is 5.48. The van der Waals surface area contributed by atoms with Crippen molar-refractivity contribution in [1.29, 1.82) is 0 Å². The van der Waals surface area contributed by atoms with Gasteiger partial charge in [-0.2, -0.15) is 0 Å². The fourth-order valence-electron chi connectivity index (χ4n) is 1.39. The Kier molecular flexibility index (Phi) is 4.55. The van der Waals surface area contributed by atoms with Crippen molar-refractivity contribution in [2.45, 2.75) is 40.3 Å². The number of nitrogens with one attached hydrogen (secondary N) is 1. The lowest BCUT2D eigenvalue weighted by atomic mass is 10.3. The molecule has 0 spiro atoms. The highest BCUT2D eigenvalue weighted by Crippen LogP contribution is 2.14. The Morgan fingerprint density at radius 1 is 1.33 bits per heavy atom. The van der Waals surface area contributed by atoms with Gasteiger partial charge >= 0.3 is 6.01 Å². The zero-order valence-corrected chi connectivity index (χ0v) is 9.95. The van der Waals surface area contributed by atoms with Crippen LogP contribution in [0.2, 0.25) is 0 Å². The molecule has 0 bridgehead atoms. The van der Waals surface area contributed by atoms with Gasteiger partial charge in [-0.3, -0.25) is 0 Å². The minimum atomic E-state index is 0.377. The summed E-state index contributed by atoms with van der Waals surface area (Å²) in [7, 11) is 0. The fraction of sp³-hybridized carbons (Fsp3) is 0.800. The van der Waals surface area contributed by atoms with Crippen LogP contribution >= 0.6 is 0 Å². The number of anilines is 1. The van der Waals surface area contributed by atoms with Gasteiger partial charge in [0.1, 0.15) is 0 Å². The van der Waals surface area contributed by atoms with E-state index in [9.17, 15) is 0 Å². The predicted molar refractivity (Wildman–Crippen MR) is 59.8 cm³/mol. The van der Waals surface area contributed by atoms with E-state index >= 15 is 0 Å². The van der Waals surface area contributed by atoms with Crippen molar-refractivity contribution < 1.29 is 4.42 Å². The van der Waals surface area contributed by atoms with Crippen LogP contribution in [0.3, 0.4) is 0 Å². The van der Waals surface area contributed by atoms with E-state index in [1.165, 1.54) is 0 Å². The molecule has 0 unspecified atom stereocenters. The Bertz CT molecular complexity index is 285. The van der Waals surface area contributed by atoms with E-state index in [2.05, 4.69) is 41.2 Å². The molecule has 0 saturated heterocycles. The highest BCUT2D eigenvalue weighted by Gasteiger charge is 2.15. The van der Waals surface area contributed by atoms with Crippen LogP contribution in [0.5, 0.6) is 0 Å². The van der Waals surface area contributed by atoms with Gasteiger partial charge < -0.3 is 14.6 Å². The van der Waals surface area contributed by atoms with Crippen LogP contribution in [-0.4, -0.2) is 29.3 Å². The van der Waals surface area contributed by atoms with Gasteiger partial charge in [-0.15, -0.1) is 5.10 Å². The average molecular weight is 212 g/mol. The maximum atomic E-state index is 5.54. The molecule has 1 aromatic heterocycles. The number of aromatic nitrogens is 2. The van der Waals surface area contributed by atoms with E-state index in [1.54, 1.807) is 0 Å². The summed E-state index contributed by atoms with van der Waals surface area (Å²) < 4.78 is 5.54.